The van der Waals surface area contributed by atoms with E-state index in [9.17, 15) is 18.4 Å². The summed E-state index contributed by atoms with van der Waals surface area (Å²) in [6, 6.07) is 6.02. The Morgan fingerprint density at radius 3 is 2.47 bits per heavy atom. The highest BCUT2D eigenvalue weighted by atomic mass is 35.5. The van der Waals surface area contributed by atoms with Gasteiger partial charge in [0.2, 0.25) is 0 Å². The minimum atomic E-state index is -1.22. The summed E-state index contributed by atoms with van der Waals surface area (Å²) in [6.45, 7) is 0.136. The summed E-state index contributed by atoms with van der Waals surface area (Å²) in [5.41, 5.74) is 0.408. The number of nitrogens with one attached hydrogen (secondary N) is 3. The van der Waals surface area contributed by atoms with E-state index in [1.54, 1.807) is 12.1 Å². The Bertz CT molecular complexity index is 1060. The molecule has 0 saturated carbocycles. The molecule has 7 nitrogen and oxygen atoms in total. The molecule has 3 rings (SSSR count). The number of aromatic amines is 1. The lowest BCUT2D eigenvalue weighted by atomic mass is 10.2. The molecule has 0 unspecified atom stereocenters. The van der Waals surface area contributed by atoms with Crippen molar-refractivity contribution in [3.8, 4) is 0 Å². The second-order valence-corrected chi connectivity index (χ2v) is 6.27. The lowest BCUT2D eigenvalue weighted by Crippen LogP contribution is -2.23. The van der Waals surface area contributed by atoms with Crippen LogP contribution in [0.15, 0.2) is 36.5 Å². The lowest BCUT2D eigenvalue weighted by molar-refractivity contribution is 0.0945. The number of nitrogens with zero attached hydrogens (tertiary/aromatic N) is 2. The van der Waals surface area contributed by atoms with Gasteiger partial charge in [0.1, 0.15) is 10.8 Å². The van der Waals surface area contributed by atoms with Crippen LogP contribution in [0.4, 0.5) is 14.6 Å². The van der Waals surface area contributed by atoms with E-state index in [2.05, 4.69) is 25.8 Å². The number of aromatic nitrogens is 3. The maximum absolute atomic E-state index is 13.3. The molecule has 0 bridgehead atoms. The second-order valence-electron chi connectivity index (χ2n) is 5.50. The first-order chi connectivity index (χ1) is 13.3. The number of carbonyl (C=O) groups is 2. The second kappa shape index (κ2) is 11.1. The SMILES string of the molecule is Cl.Cl.O=C(NCc1cccnc1Cl)c1cc(NC(=O)c2cc(F)c(F)cc2Cl)n[nH]1. The van der Waals surface area contributed by atoms with Crippen LogP contribution in [0.5, 0.6) is 0 Å². The number of H-pyrrole nitrogens is 1. The van der Waals surface area contributed by atoms with Gasteiger partial charge in [-0.05, 0) is 18.2 Å². The maximum atomic E-state index is 13.3. The van der Waals surface area contributed by atoms with Gasteiger partial charge in [-0.15, -0.1) is 24.8 Å². The summed E-state index contributed by atoms with van der Waals surface area (Å²) in [5.74, 6) is -3.71. The lowest BCUT2D eigenvalue weighted by Gasteiger charge is -2.05. The third-order valence-electron chi connectivity index (χ3n) is 3.59. The highest BCUT2D eigenvalue weighted by Gasteiger charge is 2.17. The third kappa shape index (κ3) is 6.02. The highest BCUT2D eigenvalue weighted by molar-refractivity contribution is 6.34. The van der Waals surface area contributed by atoms with E-state index >= 15 is 0 Å². The van der Waals surface area contributed by atoms with Crippen molar-refractivity contribution in [3.05, 3.63) is 75.2 Å². The number of carbonyl (C=O) groups excluding carboxylic acids is 2. The summed E-state index contributed by atoms with van der Waals surface area (Å²) in [4.78, 5) is 28.2. The predicted molar refractivity (Wildman–Crippen MR) is 113 cm³/mol. The van der Waals surface area contributed by atoms with Crippen molar-refractivity contribution in [1.82, 2.24) is 20.5 Å². The molecule has 2 amide bonds. The van der Waals surface area contributed by atoms with Gasteiger partial charge in [-0.25, -0.2) is 13.8 Å². The quantitative estimate of drug-likeness (QED) is 0.358. The summed E-state index contributed by atoms with van der Waals surface area (Å²) in [6.07, 6.45) is 1.52. The average molecular weight is 499 g/mol. The fourth-order valence-corrected chi connectivity index (χ4v) is 2.63. The third-order valence-corrected chi connectivity index (χ3v) is 4.25. The van der Waals surface area contributed by atoms with Gasteiger partial charge in [0.25, 0.3) is 11.8 Å². The Morgan fingerprint density at radius 1 is 1.07 bits per heavy atom. The molecule has 0 aliphatic heterocycles. The first-order valence-corrected chi connectivity index (χ1v) is 8.49. The number of anilines is 1. The van der Waals surface area contributed by atoms with Gasteiger partial charge in [0.15, 0.2) is 17.5 Å². The molecule has 0 aliphatic carbocycles. The average Bonchev–Trinajstić information content (AvgIpc) is 3.12. The standard InChI is InChI=1S/C17H11Cl2F2N5O2.2ClH/c18-10-5-12(21)11(20)4-9(10)16(27)24-14-6-13(25-26-14)17(28)23-7-8-2-1-3-22-15(8)19;;/h1-6H,7H2,(H,23,28)(H2,24,25,26,27);2*1H. The highest BCUT2D eigenvalue weighted by Crippen LogP contribution is 2.21. The molecule has 2 aromatic heterocycles. The number of halogens is 6. The van der Waals surface area contributed by atoms with Gasteiger partial charge in [-0.3, -0.25) is 14.7 Å². The van der Waals surface area contributed by atoms with Crippen molar-refractivity contribution in [3.63, 3.8) is 0 Å². The van der Waals surface area contributed by atoms with Crippen molar-refractivity contribution in [1.29, 1.82) is 0 Å². The van der Waals surface area contributed by atoms with Crippen LogP contribution >= 0.6 is 48.0 Å². The van der Waals surface area contributed by atoms with Crippen LogP contribution in [0.2, 0.25) is 10.2 Å². The molecule has 30 heavy (non-hydrogen) atoms. The van der Waals surface area contributed by atoms with Gasteiger partial charge >= 0.3 is 0 Å². The summed E-state index contributed by atoms with van der Waals surface area (Å²) in [7, 11) is 0. The molecule has 1 aromatic carbocycles. The zero-order chi connectivity index (χ0) is 20.3. The van der Waals surface area contributed by atoms with Crippen LogP contribution < -0.4 is 10.6 Å². The minimum absolute atomic E-state index is 0. The van der Waals surface area contributed by atoms with Gasteiger partial charge in [-0.1, -0.05) is 29.3 Å². The number of hydrogen-bond acceptors (Lipinski definition) is 4. The first kappa shape index (κ1) is 25.6. The van der Waals surface area contributed by atoms with E-state index in [4.69, 9.17) is 23.2 Å². The van der Waals surface area contributed by atoms with Crippen molar-refractivity contribution < 1.29 is 18.4 Å². The molecule has 0 aliphatic rings. The fraction of sp³-hybridized carbons (Fsp3) is 0.0588. The molecule has 2 heterocycles. The Morgan fingerprint density at radius 2 is 1.77 bits per heavy atom. The van der Waals surface area contributed by atoms with Crippen molar-refractivity contribution in [2.24, 2.45) is 0 Å². The fourth-order valence-electron chi connectivity index (χ4n) is 2.20. The van der Waals surface area contributed by atoms with Crippen LogP contribution in [-0.2, 0) is 6.54 Å². The number of hydrogen-bond donors (Lipinski definition) is 3. The molecule has 0 atom stereocenters. The molecule has 3 N–H and O–H groups in total. The van der Waals surface area contributed by atoms with Crippen molar-refractivity contribution >= 4 is 65.6 Å². The zero-order valence-electron chi connectivity index (χ0n) is 14.7. The van der Waals surface area contributed by atoms with E-state index in [1.165, 1.54) is 12.3 Å². The van der Waals surface area contributed by atoms with E-state index in [-0.39, 0.29) is 58.6 Å². The number of rotatable bonds is 5. The predicted octanol–water partition coefficient (Wildman–Crippen LogP) is 4.42. The van der Waals surface area contributed by atoms with E-state index in [0.717, 1.165) is 0 Å². The summed E-state index contributed by atoms with van der Waals surface area (Å²) < 4.78 is 26.4. The number of amides is 2. The molecular formula is C17H13Cl4F2N5O2. The van der Waals surface area contributed by atoms with E-state index in [1.807, 2.05) is 0 Å². The summed E-state index contributed by atoms with van der Waals surface area (Å²) >= 11 is 11.7. The monoisotopic (exact) mass is 497 g/mol. The Labute approximate surface area is 191 Å². The van der Waals surface area contributed by atoms with Crippen LogP contribution in [0.25, 0.3) is 0 Å². The van der Waals surface area contributed by atoms with Crippen LogP contribution in [0, 0.1) is 11.6 Å². The Kier molecular flexibility index (Phi) is 9.44. The van der Waals surface area contributed by atoms with E-state index < -0.39 is 23.4 Å². The molecule has 0 fully saturated rings. The topological polar surface area (TPSA) is 99.8 Å². The minimum Gasteiger partial charge on any atom is -0.347 e. The van der Waals surface area contributed by atoms with Gasteiger partial charge < -0.3 is 10.6 Å². The normalized spacial score (nSPS) is 9.87. The van der Waals surface area contributed by atoms with Gasteiger partial charge in [0.05, 0.1) is 10.6 Å². The number of benzene rings is 1. The Balaban J connectivity index is 0.00000225. The number of pyridine rings is 1. The molecule has 0 spiro atoms. The van der Waals surface area contributed by atoms with E-state index in [0.29, 0.717) is 17.7 Å². The van der Waals surface area contributed by atoms with Gasteiger partial charge in [0, 0.05) is 24.4 Å². The molecule has 160 valence electrons. The molecule has 3 aromatic rings. The van der Waals surface area contributed by atoms with Gasteiger partial charge in [-0.2, -0.15) is 5.10 Å². The Hall–Kier alpha value is -2.46. The first-order valence-electron chi connectivity index (χ1n) is 7.74. The largest absolute Gasteiger partial charge is 0.347 e. The van der Waals surface area contributed by atoms with Crippen LogP contribution in [0.1, 0.15) is 26.4 Å². The molecular weight excluding hydrogens is 486 g/mol. The van der Waals surface area contributed by atoms with Crippen LogP contribution in [-0.4, -0.2) is 27.0 Å². The maximum Gasteiger partial charge on any atom is 0.269 e. The van der Waals surface area contributed by atoms with Crippen molar-refractivity contribution in [2.75, 3.05) is 5.32 Å². The zero-order valence-corrected chi connectivity index (χ0v) is 17.9. The molecule has 0 saturated heterocycles. The molecule has 13 heteroatoms. The smallest absolute Gasteiger partial charge is 0.269 e. The summed E-state index contributed by atoms with van der Waals surface area (Å²) in [5, 5.41) is 11.2. The van der Waals surface area contributed by atoms with Crippen LogP contribution in [0.3, 0.4) is 0 Å². The molecule has 0 radical (unpaired) electrons. The van der Waals surface area contributed by atoms with Crippen molar-refractivity contribution in [2.45, 2.75) is 6.54 Å².